The van der Waals surface area contributed by atoms with E-state index >= 15 is 0 Å². The normalized spacial score (nSPS) is 13.1. The van der Waals surface area contributed by atoms with Gasteiger partial charge in [0.15, 0.2) is 0 Å². The molecule has 0 aromatic heterocycles. The zero-order chi connectivity index (χ0) is 28.1. The molecule has 200 valence electrons. The summed E-state index contributed by atoms with van der Waals surface area (Å²) in [6.45, 7) is 2.31. The quantitative estimate of drug-likeness (QED) is 0.165. The van der Waals surface area contributed by atoms with Crippen LogP contribution in [0.25, 0.3) is 0 Å². The van der Waals surface area contributed by atoms with E-state index in [1.165, 1.54) is 36.4 Å². The van der Waals surface area contributed by atoms with E-state index in [9.17, 15) is 19.2 Å². The molecule has 0 aliphatic carbocycles. The van der Waals surface area contributed by atoms with E-state index in [2.05, 4.69) is 10.6 Å². The Morgan fingerprint density at radius 3 is 2.21 bits per heavy atom. The van der Waals surface area contributed by atoms with Crippen LogP contribution >= 0.6 is 34.8 Å². The van der Waals surface area contributed by atoms with E-state index in [1.54, 1.807) is 30.3 Å². The topological polar surface area (TPSA) is 105 Å². The first kappa shape index (κ1) is 28.2. The Balaban J connectivity index is 1.43. The molecular weight excluding hydrogens is 565 g/mol. The third kappa shape index (κ3) is 6.25. The number of halogens is 3. The van der Waals surface area contributed by atoms with Crippen molar-refractivity contribution in [3.8, 4) is 0 Å². The molecule has 0 saturated heterocycles. The first-order valence-electron chi connectivity index (χ1n) is 11.9. The Morgan fingerprint density at radius 2 is 1.54 bits per heavy atom. The Kier molecular flexibility index (Phi) is 8.91. The molecule has 0 unspecified atom stereocenters. The summed E-state index contributed by atoms with van der Waals surface area (Å²) in [4.78, 5) is 51.5. The molecule has 39 heavy (non-hydrogen) atoms. The van der Waals surface area contributed by atoms with Crippen LogP contribution in [0.2, 0.25) is 10.0 Å². The van der Waals surface area contributed by atoms with Crippen molar-refractivity contribution in [2.24, 2.45) is 0 Å². The summed E-state index contributed by atoms with van der Waals surface area (Å²) < 4.78 is 5.18. The average molecular weight is 587 g/mol. The second-order valence-corrected chi connectivity index (χ2v) is 9.59. The SMILES string of the molecule is CCCCOC(=O)c1ccc(N2C(=O)C(Cl)=C(Nc3ccc(C(=O)Nc4cccc(Cl)c4Cl)cc3)C2=O)cc1. The lowest BCUT2D eigenvalue weighted by Crippen LogP contribution is -2.32. The molecule has 0 fully saturated rings. The van der Waals surface area contributed by atoms with Gasteiger partial charge in [0.1, 0.15) is 10.7 Å². The number of esters is 1. The summed E-state index contributed by atoms with van der Waals surface area (Å²) in [5.74, 6) is -2.28. The minimum Gasteiger partial charge on any atom is -0.462 e. The number of carbonyl (C=O) groups excluding carboxylic acids is 4. The van der Waals surface area contributed by atoms with E-state index in [4.69, 9.17) is 39.5 Å². The van der Waals surface area contributed by atoms with Crippen molar-refractivity contribution in [3.63, 3.8) is 0 Å². The number of hydrogen-bond donors (Lipinski definition) is 2. The van der Waals surface area contributed by atoms with Gasteiger partial charge < -0.3 is 15.4 Å². The molecule has 3 aromatic carbocycles. The lowest BCUT2D eigenvalue weighted by molar-refractivity contribution is -0.120. The van der Waals surface area contributed by atoms with Gasteiger partial charge in [-0.15, -0.1) is 0 Å². The Morgan fingerprint density at radius 1 is 0.872 bits per heavy atom. The van der Waals surface area contributed by atoms with Gasteiger partial charge in [-0.3, -0.25) is 14.4 Å². The molecule has 1 aliphatic heterocycles. The van der Waals surface area contributed by atoms with Gasteiger partial charge in [0, 0.05) is 11.3 Å². The van der Waals surface area contributed by atoms with Gasteiger partial charge in [0.2, 0.25) is 0 Å². The number of hydrogen-bond acceptors (Lipinski definition) is 6. The van der Waals surface area contributed by atoms with Crippen LogP contribution in [-0.4, -0.2) is 30.3 Å². The fourth-order valence-corrected chi connectivity index (χ4v) is 4.19. The molecule has 11 heteroatoms. The predicted molar refractivity (Wildman–Crippen MR) is 151 cm³/mol. The van der Waals surface area contributed by atoms with E-state index in [1.807, 2.05) is 6.92 Å². The van der Waals surface area contributed by atoms with Crippen LogP contribution in [0.3, 0.4) is 0 Å². The summed E-state index contributed by atoms with van der Waals surface area (Å²) in [6, 6.07) is 17.0. The number of anilines is 3. The Bertz CT molecular complexity index is 1470. The lowest BCUT2D eigenvalue weighted by atomic mass is 10.2. The zero-order valence-electron chi connectivity index (χ0n) is 20.6. The summed E-state index contributed by atoms with van der Waals surface area (Å²) in [5, 5.41) is 5.78. The number of imide groups is 1. The highest BCUT2D eigenvalue weighted by molar-refractivity contribution is 6.53. The van der Waals surface area contributed by atoms with E-state index < -0.39 is 23.7 Å². The Hall–Kier alpha value is -3.85. The van der Waals surface area contributed by atoms with Gasteiger partial charge in [-0.05, 0) is 67.1 Å². The largest absolute Gasteiger partial charge is 0.462 e. The van der Waals surface area contributed by atoms with Crippen molar-refractivity contribution in [1.82, 2.24) is 0 Å². The molecule has 2 N–H and O–H groups in total. The van der Waals surface area contributed by atoms with Crippen molar-refractivity contribution in [2.75, 3.05) is 22.1 Å². The fourth-order valence-electron chi connectivity index (χ4n) is 3.63. The van der Waals surface area contributed by atoms with Gasteiger partial charge in [-0.2, -0.15) is 0 Å². The highest BCUT2D eigenvalue weighted by Crippen LogP contribution is 2.31. The van der Waals surface area contributed by atoms with Crippen LogP contribution in [0.15, 0.2) is 77.5 Å². The highest BCUT2D eigenvalue weighted by atomic mass is 35.5. The number of nitrogens with zero attached hydrogens (tertiary/aromatic N) is 1. The van der Waals surface area contributed by atoms with Crippen molar-refractivity contribution in [1.29, 1.82) is 0 Å². The smallest absolute Gasteiger partial charge is 0.338 e. The summed E-state index contributed by atoms with van der Waals surface area (Å²) >= 11 is 18.3. The molecule has 3 aromatic rings. The molecule has 0 radical (unpaired) electrons. The maximum Gasteiger partial charge on any atom is 0.338 e. The molecule has 0 atom stereocenters. The predicted octanol–water partition coefficient (Wildman–Crippen LogP) is 6.64. The molecule has 0 bridgehead atoms. The van der Waals surface area contributed by atoms with Gasteiger partial charge in [-0.1, -0.05) is 54.2 Å². The first-order chi connectivity index (χ1) is 18.7. The summed E-state index contributed by atoms with van der Waals surface area (Å²) in [5.41, 5.74) is 1.54. The van der Waals surface area contributed by atoms with E-state index in [0.717, 1.165) is 17.7 Å². The van der Waals surface area contributed by atoms with Crippen LogP contribution < -0.4 is 15.5 Å². The third-order valence-electron chi connectivity index (χ3n) is 5.74. The van der Waals surface area contributed by atoms with E-state index in [-0.39, 0.29) is 21.4 Å². The van der Waals surface area contributed by atoms with Crippen LogP contribution in [0.4, 0.5) is 17.1 Å². The number of carbonyl (C=O) groups is 4. The summed E-state index contributed by atoms with van der Waals surface area (Å²) in [7, 11) is 0. The van der Waals surface area contributed by atoms with Crippen molar-refractivity contribution < 1.29 is 23.9 Å². The average Bonchev–Trinajstić information content (AvgIpc) is 3.14. The molecular formula is C28H22Cl3N3O5. The van der Waals surface area contributed by atoms with Crippen molar-refractivity contribution in [2.45, 2.75) is 19.8 Å². The van der Waals surface area contributed by atoms with Gasteiger partial charge in [0.25, 0.3) is 17.7 Å². The molecule has 3 amide bonds. The van der Waals surface area contributed by atoms with Crippen molar-refractivity contribution >= 4 is 75.6 Å². The molecule has 1 heterocycles. The molecule has 0 spiro atoms. The fraction of sp³-hybridized carbons (Fsp3) is 0.143. The number of benzene rings is 3. The highest BCUT2D eigenvalue weighted by Gasteiger charge is 2.39. The number of unbranched alkanes of at least 4 members (excludes halogenated alkanes) is 1. The van der Waals surface area contributed by atoms with Crippen LogP contribution in [0.1, 0.15) is 40.5 Å². The maximum atomic E-state index is 13.1. The monoisotopic (exact) mass is 585 g/mol. The standard InChI is InChI=1S/C28H22Cl3N3O5/c1-2-3-15-39-28(38)17-9-13-19(14-10-17)34-26(36)23(31)24(27(34)37)32-18-11-7-16(8-12-18)25(35)33-21-6-4-5-20(29)22(21)30/h4-14,32H,2-3,15H2,1H3,(H,33,35). The molecule has 1 aliphatic rings. The molecule has 8 nitrogen and oxygen atoms in total. The Labute approximate surface area is 239 Å². The van der Waals surface area contributed by atoms with Gasteiger partial charge >= 0.3 is 5.97 Å². The third-order valence-corrected chi connectivity index (χ3v) is 6.91. The van der Waals surface area contributed by atoms with Gasteiger partial charge in [0.05, 0.1) is 33.6 Å². The van der Waals surface area contributed by atoms with Gasteiger partial charge in [-0.25, -0.2) is 9.69 Å². The minimum atomic E-state index is -0.711. The van der Waals surface area contributed by atoms with Crippen LogP contribution in [0, 0.1) is 0 Å². The maximum absolute atomic E-state index is 13.1. The number of rotatable bonds is 9. The van der Waals surface area contributed by atoms with Crippen LogP contribution in [0.5, 0.6) is 0 Å². The minimum absolute atomic E-state index is 0.118. The molecule has 0 saturated carbocycles. The van der Waals surface area contributed by atoms with Crippen LogP contribution in [-0.2, 0) is 14.3 Å². The van der Waals surface area contributed by atoms with E-state index in [0.29, 0.717) is 34.1 Å². The number of ether oxygens (including phenoxy) is 1. The summed E-state index contributed by atoms with van der Waals surface area (Å²) in [6.07, 6.45) is 1.66. The number of nitrogens with one attached hydrogen (secondary N) is 2. The first-order valence-corrected chi connectivity index (χ1v) is 13.0. The zero-order valence-corrected chi connectivity index (χ0v) is 22.9. The number of amides is 3. The second kappa shape index (κ2) is 12.3. The second-order valence-electron chi connectivity index (χ2n) is 8.43. The molecule has 4 rings (SSSR count). The van der Waals surface area contributed by atoms with Crippen molar-refractivity contribution in [3.05, 3.63) is 98.6 Å². The lowest BCUT2D eigenvalue weighted by Gasteiger charge is -2.15.